The highest BCUT2D eigenvalue weighted by Gasteiger charge is 2.20. The summed E-state index contributed by atoms with van der Waals surface area (Å²) in [7, 11) is -4.04. The first-order valence-corrected chi connectivity index (χ1v) is 7.96. The van der Waals surface area contributed by atoms with Crippen molar-refractivity contribution in [2.45, 2.75) is 4.34 Å². The van der Waals surface area contributed by atoms with Crippen LogP contribution in [-0.4, -0.2) is 30.9 Å². The van der Waals surface area contributed by atoms with Gasteiger partial charge in [0.05, 0.1) is 0 Å². The Bertz CT molecular complexity index is 773. The van der Waals surface area contributed by atoms with Crippen LogP contribution in [0.4, 0.5) is 5.13 Å². The van der Waals surface area contributed by atoms with E-state index in [-0.39, 0.29) is 11.5 Å². The Kier molecular flexibility index (Phi) is 4.50. The molecule has 0 aliphatic heterocycles. The van der Waals surface area contributed by atoms with Gasteiger partial charge in [-0.3, -0.25) is 14.9 Å². The first kappa shape index (κ1) is 15.4. The summed E-state index contributed by atoms with van der Waals surface area (Å²) in [5.74, 6) is -0.491. The molecule has 1 aromatic carbocycles. The number of hydrogen-bond acceptors (Lipinski definition) is 7. The molecular formula is C10H7ClN4O4S2. The Morgan fingerprint density at radius 2 is 1.90 bits per heavy atom. The summed E-state index contributed by atoms with van der Waals surface area (Å²) in [5.41, 5.74) is 0.324. The van der Waals surface area contributed by atoms with Gasteiger partial charge < -0.3 is 0 Å². The molecule has 110 valence electrons. The summed E-state index contributed by atoms with van der Waals surface area (Å²) >= 11 is 6.32. The molecule has 2 aromatic rings. The summed E-state index contributed by atoms with van der Waals surface area (Å²) in [4.78, 5) is 22.1. The highest BCUT2D eigenvalue weighted by atomic mass is 35.5. The van der Waals surface area contributed by atoms with Crippen molar-refractivity contribution in [3.8, 4) is 0 Å². The van der Waals surface area contributed by atoms with E-state index in [0.29, 0.717) is 21.9 Å². The fourth-order valence-corrected chi connectivity index (χ4v) is 3.05. The van der Waals surface area contributed by atoms with Crippen molar-refractivity contribution in [3.05, 3.63) is 34.9 Å². The number of nitrogens with zero attached hydrogens (tertiary/aromatic N) is 2. The zero-order valence-corrected chi connectivity index (χ0v) is 12.5. The lowest BCUT2D eigenvalue weighted by atomic mass is 10.2. The number of aromatic nitrogens is 2. The minimum Gasteiger partial charge on any atom is -0.296 e. The normalized spacial score (nSPS) is 10.9. The molecule has 0 saturated heterocycles. The lowest BCUT2D eigenvalue weighted by Gasteiger charge is -2.00. The Morgan fingerprint density at radius 1 is 1.24 bits per heavy atom. The van der Waals surface area contributed by atoms with Crippen molar-refractivity contribution in [3.63, 3.8) is 0 Å². The molecule has 2 rings (SSSR count). The number of carbonyl (C=O) groups is 2. The highest BCUT2D eigenvalue weighted by Crippen LogP contribution is 2.20. The maximum absolute atomic E-state index is 11.9. The number of halogens is 1. The summed E-state index contributed by atoms with van der Waals surface area (Å²) in [6.45, 7) is 0. The number of rotatable bonds is 5. The van der Waals surface area contributed by atoms with Crippen LogP contribution in [0.3, 0.4) is 0 Å². The van der Waals surface area contributed by atoms with Crippen LogP contribution >= 0.6 is 22.9 Å². The third-order valence-corrected chi connectivity index (χ3v) is 4.91. The minimum absolute atomic E-state index is 0.0128. The Labute approximate surface area is 128 Å². The van der Waals surface area contributed by atoms with Gasteiger partial charge >= 0.3 is 0 Å². The van der Waals surface area contributed by atoms with Crippen LogP contribution in [0, 0.1) is 0 Å². The second kappa shape index (κ2) is 6.16. The van der Waals surface area contributed by atoms with Crippen molar-refractivity contribution in [2.75, 3.05) is 5.32 Å². The molecule has 0 radical (unpaired) electrons. The summed E-state index contributed by atoms with van der Waals surface area (Å²) in [5, 5.41) is 9.78. The van der Waals surface area contributed by atoms with E-state index in [9.17, 15) is 18.0 Å². The van der Waals surface area contributed by atoms with E-state index in [0.717, 1.165) is 0 Å². The average Bonchev–Trinajstić information content (AvgIpc) is 2.88. The first-order valence-electron chi connectivity index (χ1n) is 5.29. The van der Waals surface area contributed by atoms with Crippen LogP contribution in [0.1, 0.15) is 10.4 Å². The fraction of sp³-hybridized carbons (Fsp3) is 0. The number of nitrogens with one attached hydrogen (secondary N) is 2. The molecule has 2 N–H and O–H groups in total. The Balaban J connectivity index is 2.14. The minimum atomic E-state index is -4.04. The smallest absolute Gasteiger partial charge is 0.293 e. The molecule has 0 bridgehead atoms. The fourth-order valence-electron chi connectivity index (χ4n) is 1.25. The highest BCUT2D eigenvalue weighted by molar-refractivity contribution is 7.92. The number of amides is 2. The van der Waals surface area contributed by atoms with Crippen molar-refractivity contribution in [1.82, 2.24) is 14.9 Å². The van der Waals surface area contributed by atoms with Crippen LogP contribution < -0.4 is 10.0 Å². The number of carbonyl (C=O) groups excluding carboxylic acids is 2. The van der Waals surface area contributed by atoms with Gasteiger partial charge in [-0.15, -0.1) is 10.2 Å². The van der Waals surface area contributed by atoms with Gasteiger partial charge in [0.15, 0.2) is 0 Å². The van der Waals surface area contributed by atoms with Crippen LogP contribution in [0.25, 0.3) is 0 Å². The number of anilines is 1. The average molecular weight is 347 g/mol. The SMILES string of the molecule is O=CNS(=O)(=O)c1nnc(NC(=O)c2ccc(Cl)cc2)s1. The standard InChI is InChI=1S/C10H7ClN4O4S2/c11-7-3-1-6(2-4-7)8(17)13-9-14-15-10(20-9)21(18,19)12-5-16/h1-5H,(H,12,16)(H,13,14,17). The molecule has 0 fully saturated rings. The quantitative estimate of drug-likeness (QED) is 0.612. The predicted octanol–water partition coefficient (Wildman–Crippen LogP) is 0.879. The molecule has 11 heteroatoms. The molecule has 0 aliphatic rings. The largest absolute Gasteiger partial charge is 0.296 e. The van der Waals surface area contributed by atoms with Crippen molar-refractivity contribution < 1.29 is 18.0 Å². The lowest BCUT2D eigenvalue weighted by Crippen LogP contribution is -2.21. The molecule has 0 atom stereocenters. The third-order valence-electron chi connectivity index (χ3n) is 2.17. The Morgan fingerprint density at radius 3 is 2.52 bits per heavy atom. The predicted molar refractivity (Wildman–Crippen MR) is 75.7 cm³/mol. The molecular weight excluding hydrogens is 340 g/mol. The summed E-state index contributed by atoms with van der Waals surface area (Å²) < 4.78 is 24.1. The van der Waals surface area contributed by atoms with E-state index in [1.54, 1.807) is 16.9 Å². The summed E-state index contributed by atoms with van der Waals surface area (Å²) in [6, 6.07) is 6.09. The van der Waals surface area contributed by atoms with Crippen molar-refractivity contribution in [1.29, 1.82) is 0 Å². The monoisotopic (exact) mass is 346 g/mol. The number of hydrogen-bond donors (Lipinski definition) is 2. The van der Waals surface area contributed by atoms with Gasteiger partial charge in [0.2, 0.25) is 11.5 Å². The molecule has 2 amide bonds. The number of benzene rings is 1. The zero-order chi connectivity index (χ0) is 15.5. The molecule has 1 heterocycles. The van der Waals surface area contributed by atoms with E-state index in [4.69, 9.17) is 11.6 Å². The van der Waals surface area contributed by atoms with E-state index in [2.05, 4.69) is 15.5 Å². The first-order chi connectivity index (χ1) is 9.92. The molecule has 0 saturated carbocycles. The number of sulfonamides is 1. The van der Waals surface area contributed by atoms with Gasteiger partial charge in [-0.2, -0.15) is 8.42 Å². The van der Waals surface area contributed by atoms with E-state index < -0.39 is 20.3 Å². The van der Waals surface area contributed by atoms with Gasteiger partial charge in [-0.25, -0.2) is 4.72 Å². The van der Waals surface area contributed by atoms with E-state index in [1.165, 1.54) is 12.1 Å². The molecule has 21 heavy (non-hydrogen) atoms. The Hall–Kier alpha value is -2.04. The maximum atomic E-state index is 11.9. The second-order valence-electron chi connectivity index (χ2n) is 3.57. The van der Waals surface area contributed by atoms with Gasteiger partial charge in [-0.05, 0) is 24.3 Å². The summed E-state index contributed by atoms with van der Waals surface area (Å²) in [6.07, 6.45) is 0.0166. The van der Waals surface area contributed by atoms with Crippen molar-refractivity contribution in [2.24, 2.45) is 0 Å². The molecule has 0 spiro atoms. The third kappa shape index (κ3) is 3.74. The molecule has 1 aromatic heterocycles. The van der Waals surface area contributed by atoms with Gasteiger partial charge in [-0.1, -0.05) is 22.9 Å². The van der Waals surface area contributed by atoms with Gasteiger partial charge in [0, 0.05) is 10.6 Å². The molecule has 8 nitrogen and oxygen atoms in total. The van der Waals surface area contributed by atoms with E-state index >= 15 is 0 Å². The van der Waals surface area contributed by atoms with Crippen LogP contribution in [0.2, 0.25) is 5.02 Å². The second-order valence-corrected chi connectivity index (χ2v) is 6.87. The van der Waals surface area contributed by atoms with Gasteiger partial charge in [0.1, 0.15) is 0 Å². The lowest BCUT2D eigenvalue weighted by molar-refractivity contribution is -0.108. The molecule has 0 unspecified atom stereocenters. The van der Waals surface area contributed by atoms with Crippen LogP contribution in [0.15, 0.2) is 28.6 Å². The molecule has 0 aliphatic carbocycles. The maximum Gasteiger partial charge on any atom is 0.293 e. The zero-order valence-electron chi connectivity index (χ0n) is 10.1. The van der Waals surface area contributed by atoms with Crippen LogP contribution in [0.5, 0.6) is 0 Å². The topological polar surface area (TPSA) is 118 Å². The van der Waals surface area contributed by atoms with E-state index in [1.807, 2.05) is 0 Å². The van der Waals surface area contributed by atoms with Crippen molar-refractivity contribution >= 4 is 50.4 Å². The van der Waals surface area contributed by atoms with Crippen LogP contribution in [-0.2, 0) is 14.8 Å². The van der Waals surface area contributed by atoms with Gasteiger partial charge in [0.25, 0.3) is 20.3 Å².